The van der Waals surface area contributed by atoms with Crippen LogP contribution < -0.4 is 0 Å². The normalized spacial score (nSPS) is 11.7. The van der Waals surface area contributed by atoms with Crippen LogP contribution in [0.5, 0.6) is 138 Å². The molecule has 8 rings (SSSR count). The van der Waals surface area contributed by atoms with E-state index in [1.807, 2.05) is 0 Å². The molecule has 0 aliphatic heterocycles. The SMILES string of the molecule is Oc1c(O)c(O)c(-c2c(O)c(O)c(O)c(O)c2-c2c3c(O)c(O)c(O)c(O)c3c(-c3c(O)c(O)c4oc5c(O)c(O)c(O)c(O)c5c4c3O)c3c(O)c(O)c(O)c(O)c23)c(O)c1O. The minimum absolute atomic E-state index is 0.971. The van der Waals surface area contributed by atoms with Crippen molar-refractivity contribution < 1.29 is 127 Å². The Morgan fingerprint density at radius 3 is 0.698 bits per heavy atom. The summed E-state index contributed by atoms with van der Waals surface area (Å²) in [6.07, 6.45) is 0. The first-order valence-electron chi connectivity index (χ1n) is 16.8. The Balaban J connectivity index is 1.78. The van der Waals surface area contributed by atoms with E-state index in [0.717, 1.165) is 0 Å². The van der Waals surface area contributed by atoms with Gasteiger partial charge in [-0.25, -0.2) is 0 Å². The van der Waals surface area contributed by atoms with Crippen molar-refractivity contribution in [3.05, 3.63) is 0 Å². The van der Waals surface area contributed by atoms with Gasteiger partial charge in [0, 0.05) is 43.8 Å². The van der Waals surface area contributed by atoms with Crippen LogP contribution in [0.1, 0.15) is 0 Å². The third kappa shape index (κ3) is 4.51. The van der Waals surface area contributed by atoms with Gasteiger partial charge in [-0.1, -0.05) is 0 Å². The van der Waals surface area contributed by atoms with Gasteiger partial charge in [-0.3, -0.25) is 0 Å². The Hall–Kier alpha value is -9.94. The number of furan rings is 1. The standard InChI is InChI=1S/C38H24O25/c39-13-9(22(48)35(61)37-11(13)12-23(49)32(58)34(60)36(62)38(12)63-37)2-6-3(14(40)24(50)27(53)17(6)43)1(4-7(2)18(44)28(54)25(51)15(4)41)5-8(19(45)29(55)26(52)16(5)42)10-20(46)30(56)33(59)31(57)21(10)47/h39-62H. The molecule has 8 aromatic rings. The lowest BCUT2D eigenvalue weighted by atomic mass is 9.80. The molecule has 63 heavy (non-hydrogen) atoms. The molecule has 0 saturated carbocycles. The second-order valence-electron chi connectivity index (χ2n) is 13.6. The van der Waals surface area contributed by atoms with Gasteiger partial charge in [-0.05, 0) is 0 Å². The summed E-state index contributed by atoms with van der Waals surface area (Å²) < 4.78 is 5.27. The maximum atomic E-state index is 12.0. The van der Waals surface area contributed by atoms with Crippen LogP contribution in [0, 0.1) is 0 Å². The summed E-state index contributed by atoms with van der Waals surface area (Å²) in [6.45, 7) is 0. The van der Waals surface area contributed by atoms with Gasteiger partial charge >= 0.3 is 0 Å². The summed E-state index contributed by atoms with van der Waals surface area (Å²) in [5.74, 6) is -40.1. The summed E-state index contributed by atoms with van der Waals surface area (Å²) in [5, 5.41) is 257. The molecule has 0 unspecified atom stereocenters. The highest BCUT2D eigenvalue weighted by Gasteiger charge is 2.41. The van der Waals surface area contributed by atoms with Gasteiger partial charge in [0.05, 0.1) is 21.9 Å². The monoisotopic (exact) mass is 880 g/mol. The summed E-state index contributed by atoms with van der Waals surface area (Å²) in [6, 6.07) is 0. The molecular formula is C38H24O25. The second-order valence-corrected chi connectivity index (χ2v) is 13.6. The Kier molecular flexibility index (Phi) is 7.78. The van der Waals surface area contributed by atoms with Crippen molar-refractivity contribution in [3.63, 3.8) is 0 Å². The molecule has 0 aliphatic carbocycles. The predicted molar refractivity (Wildman–Crippen MR) is 205 cm³/mol. The molecule has 0 atom stereocenters. The number of hydrogen-bond acceptors (Lipinski definition) is 25. The van der Waals surface area contributed by atoms with Crippen molar-refractivity contribution >= 4 is 43.5 Å². The zero-order valence-electron chi connectivity index (χ0n) is 30.1. The van der Waals surface area contributed by atoms with E-state index in [1.165, 1.54) is 0 Å². The summed E-state index contributed by atoms with van der Waals surface area (Å²) >= 11 is 0. The quantitative estimate of drug-likeness (QED) is 0.0681. The highest BCUT2D eigenvalue weighted by Crippen LogP contribution is 2.69. The van der Waals surface area contributed by atoms with E-state index < -0.39 is 215 Å². The summed E-state index contributed by atoms with van der Waals surface area (Å²) in [7, 11) is 0. The van der Waals surface area contributed by atoms with Gasteiger partial charge in [0.1, 0.15) is 5.75 Å². The van der Waals surface area contributed by atoms with E-state index in [2.05, 4.69) is 0 Å². The summed E-state index contributed by atoms with van der Waals surface area (Å²) in [4.78, 5) is 0. The highest BCUT2D eigenvalue weighted by atomic mass is 16.4. The first kappa shape index (κ1) is 39.9. The van der Waals surface area contributed by atoms with E-state index in [9.17, 15) is 123 Å². The largest absolute Gasteiger partial charge is 0.506 e. The Bertz CT molecular complexity index is 3380. The molecule has 326 valence electrons. The number of aromatic hydroxyl groups is 24. The van der Waals surface area contributed by atoms with Crippen LogP contribution in [0.15, 0.2) is 4.42 Å². The first-order valence-corrected chi connectivity index (χ1v) is 16.8. The van der Waals surface area contributed by atoms with Gasteiger partial charge < -0.3 is 127 Å². The second kappa shape index (κ2) is 12.3. The number of phenols is 24. The minimum atomic E-state index is -1.83. The molecular weight excluding hydrogens is 856 g/mol. The third-order valence-electron chi connectivity index (χ3n) is 10.5. The van der Waals surface area contributed by atoms with Crippen LogP contribution in [0.3, 0.4) is 0 Å². The maximum Gasteiger partial charge on any atom is 0.208 e. The smallest absolute Gasteiger partial charge is 0.208 e. The Morgan fingerprint density at radius 2 is 0.333 bits per heavy atom. The molecule has 0 saturated heterocycles. The molecule has 0 bridgehead atoms. The van der Waals surface area contributed by atoms with E-state index >= 15 is 0 Å². The molecule has 0 spiro atoms. The zero-order chi connectivity index (χ0) is 46.6. The van der Waals surface area contributed by atoms with Crippen LogP contribution in [-0.2, 0) is 0 Å². The maximum absolute atomic E-state index is 12.0. The van der Waals surface area contributed by atoms with Gasteiger partial charge in [-0.2, -0.15) is 0 Å². The minimum Gasteiger partial charge on any atom is -0.506 e. The Morgan fingerprint density at radius 1 is 0.143 bits per heavy atom. The predicted octanol–water partition coefficient (Wildman–Crippen LogP) is 3.83. The van der Waals surface area contributed by atoms with E-state index in [0.29, 0.717) is 0 Å². The van der Waals surface area contributed by atoms with Crippen LogP contribution in [0.2, 0.25) is 0 Å². The van der Waals surface area contributed by atoms with Crippen LogP contribution in [0.4, 0.5) is 0 Å². The van der Waals surface area contributed by atoms with Gasteiger partial charge in [0.25, 0.3) is 0 Å². The average molecular weight is 881 g/mol. The van der Waals surface area contributed by atoms with Crippen molar-refractivity contribution in [1.29, 1.82) is 0 Å². The fourth-order valence-electron chi connectivity index (χ4n) is 7.59. The first-order chi connectivity index (χ1) is 29.3. The van der Waals surface area contributed by atoms with Crippen molar-refractivity contribution in [2.24, 2.45) is 0 Å². The number of rotatable bonds is 3. The molecule has 25 nitrogen and oxygen atoms in total. The van der Waals surface area contributed by atoms with Crippen LogP contribution >= 0.6 is 0 Å². The van der Waals surface area contributed by atoms with Crippen molar-refractivity contribution in [2.45, 2.75) is 0 Å². The lowest BCUT2D eigenvalue weighted by Crippen LogP contribution is -1.98. The molecule has 1 aromatic heterocycles. The number of phenolic OH excluding ortho intramolecular Hbond substituents is 24. The molecule has 25 heteroatoms. The van der Waals surface area contributed by atoms with Gasteiger partial charge in [0.2, 0.25) is 74.7 Å². The molecule has 0 amide bonds. The Labute approximate surface area is 341 Å². The van der Waals surface area contributed by atoms with Gasteiger partial charge in [0.15, 0.2) is 68.7 Å². The molecule has 7 aromatic carbocycles. The lowest BCUT2D eigenvalue weighted by molar-refractivity contribution is 0.329. The molecule has 24 N–H and O–H groups in total. The number of benzene rings is 7. The van der Waals surface area contributed by atoms with E-state index in [4.69, 9.17) is 4.42 Å². The molecule has 0 aliphatic rings. The number of fused-ring (bicyclic) bond motifs is 5. The van der Waals surface area contributed by atoms with Crippen molar-refractivity contribution in [1.82, 2.24) is 0 Å². The highest BCUT2D eigenvalue weighted by molar-refractivity contribution is 6.32. The fraction of sp³-hybridized carbons (Fsp3) is 0. The lowest BCUT2D eigenvalue weighted by Gasteiger charge is -2.25. The molecule has 0 radical (unpaired) electrons. The number of hydrogen-bond donors (Lipinski definition) is 24. The van der Waals surface area contributed by atoms with E-state index in [1.54, 1.807) is 0 Å². The molecule has 0 fully saturated rings. The third-order valence-corrected chi connectivity index (χ3v) is 10.5. The summed E-state index contributed by atoms with van der Waals surface area (Å²) in [5.41, 5.74) is -10.9. The van der Waals surface area contributed by atoms with Crippen molar-refractivity contribution in [3.8, 4) is 171 Å². The van der Waals surface area contributed by atoms with Crippen LogP contribution in [-0.4, -0.2) is 123 Å². The fourth-order valence-corrected chi connectivity index (χ4v) is 7.59. The molecule has 1 heterocycles. The van der Waals surface area contributed by atoms with Crippen molar-refractivity contribution in [2.75, 3.05) is 0 Å². The average Bonchev–Trinajstić information content (AvgIpc) is 3.67. The topological polar surface area (TPSA) is 499 Å². The van der Waals surface area contributed by atoms with E-state index in [-0.39, 0.29) is 0 Å². The van der Waals surface area contributed by atoms with Crippen LogP contribution in [0.25, 0.3) is 76.9 Å². The van der Waals surface area contributed by atoms with Gasteiger partial charge in [-0.15, -0.1) is 0 Å². The zero-order valence-corrected chi connectivity index (χ0v) is 30.1.